The molecule has 1 fully saturated rings. The van der Waals surface area contributed by atoms with Crippen LogP contribution >= 0.6 is 0 Å². The van der Waals surface area contributed by atoms with Crippen LogP contribution in [0.15, 0.2) is 18.2 Å². The van der Waals surface area contributed by atoms with Gasteiger partial charge in [0.2, 0.25) is 0 Å². The summed E-state index contributed by atoms with van der Waals surface area (Å²) in [4.78, 5) is 32.3. The molecule has 0 bridgehead atoms. The van der Waals surface area contributed by atoms with Gasteiger partial charge < -0.3 is 14.2 Å². The second kappa shape index (κ2) is 8.97. The highest BCUT2D eigenvalue weighted by Gasteiger charge is 2.23. The Kier molecular flexibility index (Phi) is 6.68. The highest BCUT2D eigenvalue weighted by molar-refractivity contribution is 5.95. The lowest BCUT2D eigenvalue weighted by molar-refractivity contribution is -0.453. The summed E-state index contributed by atoms with van der Waals surface area (Å²) < 4.78 is 15.2. The number of rotatable bonds is 6. The van der Waals surface area contributed by atoms with E-state index in [0.717, 1.165) is 32.1 Å². The highest BCUT2D eigenvalue weighted by atomic mass is 17.5. The Hall–Kier alpha value is -2.48. The highest BCUT2D eigenvalue weighted by Crippen LogP contribution is 2.29. The lowest BCUT2D eigenvalue weighted by Crippen LogP contribution is -2.22. The molecule has 1 aliphatic carbocycles. The average molecular weight is 340 g/mol. The Labute approximate surface area is 139 Å². The van der Waals surface area contributed by atoms with Crippen LogP contribution in [-0.4, -0.2) is 32.4 Å². The van der Waals surface area contributed by atoms with E-state index < -0.39 is 12.1 Å². The molecule has 0 atom stereocenters. The zero-order valence-corrected chi connectivity index (χ0v) is 13.6. The molecule has 1 aromatic carbocycles. The normalized spacial score (nSPS) is 14.6. The number of carbonyl (C=O) groups excluding carboxylic acids is 2. The van der Waals surface area contributed by atoms with E-state index in [-0.39, 0.29) is 23.2 Å². The maximum atomic E-state index is 12.0. The quantitative estimate of drug-likeness (QED) is 0.443. The van der Waals surface area contributed by atoms with Crippen LogP contribution in [0.25, 0.3) is 0 Å². The third-order valence-electron chi connectivity index (χ3n) is 3.66. The largest absolute Gasteiger partial charge is 0.543 e. The summed E-state index contributed by atoms with van der Waals surface area (Å²) in [6, 6.07) is 4.75. The molecule has 1 aromatic rings. The molecule has 8 heteroatoms. The van der Waals surface area contributed by atoms with Crippen molar-refractivity contribution in [1.29, 1.82) is 0 Å². The summed E-state index contributed by atoms with van der Waals surface area (Å²) in [5, 5.41) is 4.22. The van der Waals surface area contributed by atoms with Crippen molar-refractivity contribution in [1.82, 2.24) is 0 Å². The fourth-order valence-electron chi connectivity index (χ4n) is 2.51. The predicted molar refractivity (Wildman–Crippen MR) is 80.5 cm³/mol. The van der Waals surface area contributed by atoms with Crippen molar-refractivity contribution in [2.75, 3.05) is 14.2 Å². The number of hydrogen-bond acceptors (Lipinski definition) is 8. The van der Waals surface area contributed by atoms with Crippen LogP contribution < -0.4 is 9.47 Å². The van der Waals surface area contributed by atoms with Gasteiger partial charge in [0.05, 0.1) is 19.3 Å². The maximum Gasteiger partial charge on any atom is 0.543 e. The standard InChI is InChI=1S/C16H20O8/c1-19-12-9-6-10-13(20-2)14(12)15(17)22-24-23-16(18)21-11-7-4-3-5-8-11/h6,9-11H,3-5,7-8H2,1-2H3. The summed E-state index contributed by atoms with van der Waals surface area (Å²) in [5.74, 6) is -0.477. The van der Waals surface area contributed by atoms with Crippen molar-refractivity contribution in [2.24, 2.45) is 0 Å². The van der Waals surface area contributed by atoms with Gasteiger partial charge in [0.15, 0.2) is 0 Å². The Morgan fingerprint density at radius 3 is 2.17 bits per heavy atom. The van der Waals surface area contributed by atoms with Crippen molar-refractivity contribution in [3.8, 4) is 11.5 Å². The van der Waals surface area contributed by atoms with Crippen LogP contribution in [0, 0.1) is 0 Å². The molecule has 0 radical (unpaired) electrons. The molecule has 0 unspecified atom stereocenters. The molecule has 0 N–H and O–H groups in total. The van der Waals surface area contributed by atoms with Crippen LogP contribution in [0.2, 0.25) is 0 Å². The van der Waals surface area contributed by atoms with Gasteiger partial charge in [-0.1, -0.05) is 12.5 Å². The van der Waals surface area contributed by atoms with Gasteiger partial charge >= 0.3 is 12.1 Å². The fraction of sp³-hybridized carbons (Fsp3) is 0.500. The lowest BCUT2D eigenvalue weighted by Gasteiger charge is -2.20. The zero-order chi connectivity index (χ0) is 17.4. The summed E-state index contributed by atoms with van der Waals surface area (Å²) in [5.41, 5.74) is 0.00625. The predicted octanol–water partition coefficient (Wildman–Crippen LogP) is 3.19. The molecule has 24 heavy (non-hydrogen) atoms. The van der Waals surface area contributed by atoms with Crippen molar-refractivity contribution in [2.45, 2.75) is 38.2 Å². The molecule has 0 spiro atoms. The first-order chi connectivity index (χ1) is 11.7. The molecule has 0 amide bonds. The second-order valence-corrected chi connectivity index (χ2v) is 5.19. The van der Waals surface area contributed by atoms with Gasteiger partial charge in [-0.25, -0.2) is 14.5 Å². The molecule has 2 rings (SSSR count). The van der Waals surface area contributed by atoms with E-state index in [2.05, 4.69) is 14.8 Å². The number of methoxy groups -OCH3 is 2. The van der Waals surface area contributed by atoms with Crippen molar-refractivity contribution in [3.05, 3.63) is 23.8 Å². The van der Waals surface area contributed by atoms with E-state index >= 15 is 0 Å². The van der Waals surface area contributed by atoms with Crippen molar-refractivity contribution < 1.29 is 38.6 Å². The minimum atomic E-state index is -1.05. The maximum absolute atomic E-state index is 12.0. The molecular formula is C16H20O8. The van der Waals surface area contributed by atoms with Crippen LogP contribution in [-0.2, 0) is 19.6 Å². The Bertz CT molecular complexity index is 543. The van der Waals surface area contributed by atoms with E-state index in [4.69, 9.17) is 14.2 Å². The third kappa shape index (κ3) is 4.76. The number of hydrogen-bond donors (Lipinski definition) is 0. The monoisotopic (exact) mass is 340 g/mol. The van der Waals surface area contributed by atoms with Crippen molar-refractivity contribution >= 4 is 12.1 Å². The van der Waals surface area contributed by atoms with Gasteiger partial charge in [0.1, 0.15) is 23.2 Å². The van der Waals surface area contributed by atoms with Crippen molar-refractivity contribution in [3.63, 3.8) is 0 Å². The van der Waals surface area contributed by atoms with E-state index in [1.54, 1.807) is 18.2 Å². The molecule has 8 nitrogen and oxygen atoms in total. The minimum Gasteiger partial charge on any atom is -0.496 e. The Morgan fingerprint density at radius 2 is 1.58 bits per heavy atom. The van der Waals surface area contributed by atoms with Gasteiger partial charge in [-0.05, 0) is 37.8 Å². The van der Waals surface area contributed by atoms with Crippen LogP contribution in [0.4, 0.5) is 4.79 Å². The molecule has 0 aromatic heterocycles. The zero-order valence-electron chi connectivity index (χ0n) is 13.6. The molecule has 0 saturated heterocycles. The van der Waals surface area contributed by atoms with Gasteiger partial charge in [0, 0.05) is 0 Å². The topological polar surface area (TPSA) is 89.5 Å². The van der Waals surface area contributed by atoms with E-state index in [1.807, 2.05) is 0 Å². The SMILES string of the molecule is COc1cccc(OC)c1C(=O)OOOC(=O)OC1CCCCC1. The van der Waals surface area contributed by atoms with E-state index in [0.29, 0.717) is 0 Å². The van der Waals surface area contributed by atoms with Gasteiger partial charge in [-0.3, -0.25) is 4.89 Å². The number of carbonyl (C=O) groups is 2. The van der Waals surface area contributed by atoms with Gasteiger partial charge in [0.25, 0.3) is 0 Å². The Morgan fingerprint density at radius 1 is 0.958 bits per heavy atom. The number of benzene rings is 1. The minimum absolute atomic E-state index is 0.00625. The molecule has 0 aliphatic heterocycles. The van der Waals surface area contributed by atoms with Gasteiger partial charge in [-0.15, -0.1) is 0 Å². The van der Waals surface area contributed by atoms with Crippen LogP contribution in [0.5, 0.6) is 11.5 Å². The first-order valence-corrected chi connectivity index (χ1v) is 7.62. The van der Waals surface area contributed by atoms with E-state index in [9.17, 15) is 9.59 Å². The first-order valence-electron chi connectivity index (χ1n) is 7.62. The third-order valence-corrected chi connectivity index (χ3v) is 3.66. The molecule has 132 valence electrons. The van der Waals surface area contributed by atoms with E-state index in [1.165, 1.54) is 14.2 Å². The first kappa shape index (κ1) is 17.9. The summed E-state index contributed by atoms with van der Waals surface area (Å²) in [6.07, 6.45) is 3.45. The van der Waals surface area contributed by atoms with Crippen LogP contribution in [0.3, 0.4) is 0 Å². The summed E-state index contributed by atoms with van der Waals surface area (Å²) >= 11 is 0. The summed E-state index contributed by atoms with van der Waals surface area (Å²) in [7, 11) is 2.79. The fourth-order valence-corrected chi connectivity index (χ4v) is 2.51. The average Bonchev–Trinajstić information content (AvgIpc) is 2.61. The van der Waals surface area contributed by atoms with Gasteiger partial charge in [-0.2, -0.15) is 0 Å². The molecular weight excluding hydrogens is 320 g/mol. The smallest absolute Gasteiger partial charge is 0.496 e. The molecule has 1 aliphatic rings. The second-order valence-electron chi connectivity index (χ2n) is 5.19. The summed E-state index contributed by atoms with van der Waals surface area (Å²) in [6.45, 7) is 0. The van der Waals surface area contributed by atoms with Crippen LogP contribution in [0.1, 0.15) is 42.5 Å². The molecule has 1 saturated carbocycles. The lowest BCUT2D eigenvalue weighted by atomic mass is 9.98. The number of ether oxygens (including phenoxy) is 3. The molecule has 0 heterocycles. The Balaban J connectivity index is 1.83.